The van der Waals surface area contributed by atoms with Crippen LogP contribution in [-0.2, 0) is 32.3 Å². The monoisotopic (exact) mass is 377 g/mol. The van der Waals surface area contributed by atoms with Gasteiger partial charge in [-0.05, 0) is 5.41 Å². The van der Waals surface area contributed by atoms with Gasteiger partial charge in [0.15, 0.2) is 23.3 Å². The Morgan fingerprint density at radius 1 is 1.04 bits per heavy atom. The lowest BCUT2D eigenvalue weighted by Crippen LogP contribution is -2.15. The van der Waals surface area contributed by atoms with E-state index in [4.69, 9.17) is 4.74 Å². The van der Waals surface area contributed by atoms with Crippen molar-refractivity contribution >= 4 is 12.2 Å². The number of halogens is 4. The molecule has 1 aliphatic rings. The number of carbonyl (C=O) groups is 1. The molecule has 0 amide bonds. The van der Waals surface area contributed by atoms with Crippen LogP contribution in [0.25, 0.3) is 0 Å². The molecule has 1 aliphatic carbocycles. The summed E-state index contributed by atoms with van der Waals surface area (Å²) in [4.78, 5) is 16.7. The summed E-state index contributed by atoms with van der Waals surface area (Å²) in [6.45, 7) is 2.00. The number of methoxy groups -OCH3 is 1. The Morgan fingerprint density at radius 3 is 2.00 bits per heavy atom. The number of hydrogen-bond donors (Lipinski definition) is 0. The van der Waals surface area contributed by atoms with Crippen molar-refractivity contribution in [3.8, 4) is 0 Å². The van der Waals surface area contributed by atoms with Crippen LogP contribution in [0.3, 0.4) is 0 Å². The summed E-state index contributed by atoms with van der Waals surface area (Å²) in [5, 5.41) is 3.60. The van der Waals surface area contributed by atoms with E-state index in [9.17, 15) is 22.4 Å². The van der Waals surface area contributed by atoms with Gasteiger partial charge >= 0.3 is 5.97 Å². The minimum absolute atomic E-state index is 0.276. The Morgan fingerprint density at radius 2 is 1.54 bits per heavy atom. The topological polar surface area (TPSA) is 57.1 Å². The molecule has 1 aromatic carbocycles. The maximum atomic E-state index is 14.0. The van der Waals surface area contributed by atoms with Crippen molar-refractivity contribution in [1.29, 1.82) is 0 Å². The molecule has 0 N–H and O–H groups in total. The van der Waals surface area contributed by atoms with Crippen LogP contribution in [0.5, 0.6) is 0 Å². The summed E-state index contributed by atoms with van der Waals surface area (Å²) in [5.41, 5.74) is -2.33. The van der Waals surface area contributed by atoms with Gasteiger partial charge in [-0.3, -0.25) is 4.79 Å². The lowest BCUT2D eigenvalue weighted by Gasteiger charge is -2.12. The summed E-state index contributed by atoms with van der Waals surface area (Å²) in [7, 11) is 2.48. The number of ether oxygens (including phenoxy) is 2. The Bertz CT molecular complexity index is 707. The zero-order chi connectivity index (χ0) is 19.6. The zero-order valence-corrected chi connectivity index (χ0v) is 14.7. The summed E-state index contributed by atoms with van der Waals surface area (Å²) in [6.07, 6.45) is 1.44. The quantitative estimate of drug-likeness (QED) is 0.240. The molecule has 2 atom stereocenters. The first-order valence-corrected chi connectivity index (χ1v) is 7.74. The van der Waals surface area contributed by atoms with Gasteiger partial charge in [-0.1, -0.05) is 19.0 Å². The number of benzene rings is 1. The van der Waals surface area contributed by atoms with E-state index in [1.54, 1.807) is 13.8 Å². The highest BCUT2D eigenvalue weighted by molar-refractivity contribution is 5.85. The molecule has 0 radical (unpaired) electrons. The minimum Gasteiger partial charge on any atom is -0.460 e. The fourth-order valence-electron chi connectivity index (χ4n) is 2.89. The van der Waals surface area contributed by atoms with Crippen LogP contribution in [0.15, 0.2) is 5.16 Å². The van der Waals surface area contributed by atoms with Crippen LogP contribution < -0.4 is 0 Å². The molecule has 0 saturated heterocycles. The lowest BCUT2D eigenvalue weighted by atomic mass is 10.1. The molecular formula is C17H19F4NO4. The third-order valence-corrected chi connectivity index (χ3v) is 4.58. The Balaban J connectivity index is 2.15. The van der Waals surface area contributed by atoms with E-state index in [0.29, 0.717) is 0 Å². The average molecular weight is 377 g/mol. The molecule has 1 aromatic rings. The summed E-state index contributed by atoms with van der Waals surface area (Å²) >= 11 is 0. The van der Waals surface area contributed by atoms with Crippen molar-refractivity contribution in [3.63, 3.8) is 0 Å². The van der Waals surface area contributed by atoms with E-state index in [1.165, 1.54) is 13.3 Å². The molecule has 9 heteroatoms. The van der Waals surface area contributed by atoms with Gasteiger partial charge < -0.3 is 14.3 Å². The van der Waals surface area contributed by atoms with E-state index in [1.807, 2.05) is 0 Å². The van der Waals surface area contributed by atoms with Gasteiger partial charge in [0.05, 0.1) is 23.7 Å². The SMILES string of the molecule is COCc1c(F)c(F)c(COC(=O)[C@@H]2[C@@H](/C=N/OC)C2(C)C)c(F)c1F. The largest absolute Gasteiger partial charge is 0.460 e. The third kappa shape index (κ3) is 3.53. The third-order valence-electron chi connectivity index (χ3n) is 4.58. The van der Waals surface area contributed by atoms with Crippen molar-refractivity contribution in [2.24, 2.45) is 22.4 Å². The van der Waals surface area contributed by atoms with Crippen molar-refractivity contribution in [1.82, 2.24) is 0 Å². The van der Waals surface area contributed by atoms with Crippen LogP contribution in [0.1, 0.15) is 25.0 Å². The number of esters is 1. The smallest absolute Gasteiger partial charge is 0.310 e. The van der Waals surface area contributed by atoms with Crippen molar-refractivity contribution in [3.05, 3.63) is 34.4 Å². The van der Waals surface area contributed by atoms with Crippen molar-refractivity contribution in [2.75, 3.05) is 14.2 Å². The summed E-state index contributed by atoms with van der Waals surface area (Å²) < 4.78 is 65.2. The van der Waals surface area contributed by atoms with E-state index < -0.39 is 64.9 Å². The molecule has 0 bridgehead atoms. The molecule has 1 fully saturated rings. The van der Waals surface area contributed by atoms with E-state index in [2.05, 4.69) is 14.7 Å². The average Bonchev–Trinajstić information content (AvgIpc) is 3.15. The second-order valence-corrected chi connectivity index (χ2v) is 6.52. The zero-order valence-electron chi connectivity index (χ0n) is 14.7. The molecule has 5 nitrogen and oxygen atoms in total. The fraction of sp³-hybridized carbons (Fsp3) is 0.529. The van der Waals surface area contributed by atoms with Crippen LogP contribution in [0.4, 0.5) is 17.6 Å². The molecule has 0 heterocycles. The highest BCUT2D eigenvalue weighted by atomic mass is 19.2. The van der Waals surface area contributed by atoms with Crippen LogP contribution >= 0.6 is 0 Å². The van der Waals surface area contributed by atoms with E-state index in [-0.39, 0.29) is 5.92 Å². The van der Waals surface area contributed by atoms with Crippen molar-refractivity contribution in [2.45, 2.75) is 27.1 Å². The van der Waals surface area contributed by atoms with Gasteiger partial charge in [0.2, 0.25) is 0 Å². The van der Waals surface area contributed by atoms with Gasteiger partial charge in [0.25, 0.3) is 0 Å². The Kier molecular flexibility index (Phi) is 5.90. The van der Waals surface area contributed by atoms with Crippen LogP contribution in [0, 0.1) is 40.5 Å². The van der Waals surface area contributed by atoms with E-state index in [0.717, 1.165) is 7.11 Å². The molecule has 0 unspecified atom stereocenters. The normalized spacial score (nSPS) is 21.1. The lowest BCUT2D eigenvalue weighted by molar-refractivity contribution is -0.147. The van der Waals surface area contributed by atoms with E-state index >= 15 is 0 Å². The van der Waals surface area contributed by atoms with Gasteiger partial charge in [-0.2, -0.15) is 0 Å². The molecular weight excluding hydrogens is 358 g/mol. The summed E-state index contributed by atoms with van der Waals surface area (Å²) in [6, 6.07) is 0. The fourth-order valence-corrected chi connectivity index (χ4v) is 2.89. The van der Waals surface area contributed by atoms with Gasteiger partial charge in [0.1, 0.15) is 13.7 Å². The maximum Gasteiger partial charge on any atom is 0.310 e. The number of hydrogen-bond acceptors (Lipinski definition) is 5. The molecule has 1 saturated carbocycles. The Hall–Kier alpha value is -2.16. The molecule has 144 valence electrons. The second-order valence-electron chi connectivity index (χ2n) is 6.52. The number of oxime groups is 1. The van der Waals surface area contributed by atoms with Gasteiger partial charge in [-0.15, -0.1) is 0 Å². The molecule has 2 rings (SSSR count). The molecule has 0 aliphatic heterocycles. The van der Waals surface area contributed by atoms with Crippen LogP contribution in [-0.4, -0.2) is 26.4 Å². The number of rotatable bonds is 7. The molecule has 0 spiro atoms. The predicted molar refractivity (Wildman–Crippen MR) is 83.0 cm³/mol. The molecule has 26 heavy (non-hydrogen) atoms. The highest BCUT2D eigenvalue weighted by Crippen LogP contribution is 2.57. The standard InChI is InChI=1S/C17H19F4NO4/c1-17(2)10(5-22-25-4)11(17)16(23)26-7-9-14(20)12(18)8(6-24-3)13(19)15(9)21/h5,10-11H,6-7H2,1-4H3/b22-5+/t10-,11+/m1/s1. The first-order chi connectivity index (χ1) is 12.2. The number of carbonyl (C=O) groups excluding carboxylic acids is 1. The summed E-state index contributed by atoms with van der Waals surface area (Å²) in [5.74, 6) is -8.00. The number of nitrogens with zero attached hydrogens (tertiary/aromatic N) is 1. The predicted octanol–water partition coefficient (Wildman–Crippen LogP) is 3.34. The molecule has 0 aromatic heterocycles. The van der Waals surface area contributed by atoms with Crippen LogP contribution in [0.2, 0.25) is 0 Å². The first kappa shape index (κ1) is 20.2. The van der Waals surface area contributed by atoms with Crippen molar-refractivity contribution < 1.29 is 36.7 Å². The first-order valence-electron chi connectivity index (χ1n) is 7.74. The Labute approximate surface area is 147 Å². The van der Waals surface area contributed by atoms with Gasteiger partial charge in [0, 0.05) is 19.2 Å². The van der Waals surface area contributed by atoms with Gasteiger partial charge in [-0.25, -0.2) is 17.6 Å². The second kappa shape index (κ2) is 7.61. The highest BCUT2D eigenvalue weighted by Gasteiger charge is 2.62. The minimum atomic E-state index is -1.61. The maximum absolute atomic E-state index is 14.0.